The van der Waals surface area contributed by atoms with Gasteiger partial charge in [0.1, 0.15) is 11.9 Å². The standard InChI is InChI=1S/C23H29ClN4O2S/c1-31-14-11-20(27-22(29)18-7-3-4-8-19(18)24)23(30)26-16-17-9-10-21(25-15-17)28-12-5-2-6-13-28/h3-4,7-10,15,20H,2,5-6,11-14,16H2,1H3,(H,26,30)(H,27,29). The van der Waals surface area contributed by atoms with E-state index in [4.69, 9.17) is 11.6 Å². The molecule has 31 heavy (non-hydrogen) atoms. The van der Waals surface area contributed by atoms with Crippen molar-refractivity contribution in [2.24, 2.45) is 0 Å². The van der Waals surface area contributed by atoms with Crippen LogP contribution in [0.5, 0.6) is 0 Å². The molecule has 0 spiro atoms. The number of piperidine rings is 1. The zero-order valence-electron chi connectivity index (χ0n) is 17.8. The van der Waals surface area contributed by atoms with E-state index in [1.807, 2.05) is 24.6 Å². The van der Waals surface area contributed by atoms with Crippen LogP contribution in [0.2, 0.25) is 5.02 Å². The van der Waals surface area contributed by atoms with E-state index in [1.54, 1.807) is 36.0 Å². The Morgan fingerprint density at radius 2 is 1.94 bits per heavy atom. The summed E-state index contributed by atoms with van der Waals surface area (Å²) in [5.74, 6) is 1.18. The van der Waals surface area contributed by atoms with Gasteiger partial charge in [0.15, 0.2) is 0 Å². The first-order valence-electron chi connectivity index (χ1n) is 10.6. The molecule has 2 aromatic rings. The number of rotatable bonds is 9. The highest BCUT2D eigenvalue weighted by Gasteiger charge is 2.22. The van der Waals surface area contributed by atoms with Crippen LogP contribution in [0.4, 0.5) is 5.82 Å². The number of nitrogens with one attached hydrogen (secondary N) is 2. The van der Waals surface area contributed by atoms with Crippen molar-refractivity contribution in [2.45, 2.75) is 38.3 Å². The molecule has 2 heterocycles. The monoisotopic (exact) mass is 460 g/mol. The number of aromatic nitrogens is 1. The van der Waals surface area contributed by atoms with Gasteiger partial charge in [-0.3, -0.25) is 9.59 Å². The smallest absolute Gasteiger partial charge is 0.253 e. The van der Waals surface area contributed by atoms with Crippen LogP contribution in [0.1, 0.15) is 41.6 Å². The number of nitrogens with zero attached hydrogens (tertiary/aromatic N) is 2. The van der Waals surface area contributed by atoms with Crippen molar-refractivity contribution in [3.8, 4) is 0 Å². The van der Waals surface area contributed by atoms with Crippen LogP contribution in [0.3, 0.4) is 0 Å². The highest BCUT2D eigenvalue weighted by Crippen LogP contribution is 2.18. The molecule has 1 fully saturated rings. The molecule has 3 rings (SSSR count). The molecule has 1 atom stereocenters. The second kappa shape index (κ2) is 12.0. The summed E-state index contributed by atoms with van der Waals surface area (Å²) < 4.78 is 0. The Balaban J connectivity index is 1.57. The maximum atomic E-state index is 12.8. The molecule has 1 unspecified atom stereocenters. The normalized spacial score (nSPS) is 14.7. The quantitative estimate of drug-likeness (QED) is 0.593. The Kier molecular flexibility index (Phi) is 9.03. The predicted octanol–water partition coefficient (Wildman–Crippen LogP) is 3.89. The van der Waals surface area contributed by atoms with Crippen molar-refractivity contribution in [1.82, 2.24) is 15.6 Å². The molecule has 6 nitrogen and oxygen atoms in total. The Morgan fingerprint density at radius 3 is 2.61 bits per heavy atom. The minimum atomic E-state index is -0.628. The summed E-state index contributed by atoms with van der Waals surface area (Å²) in [5, 5.41) is 6.12. The molecule has 1 aromatic carbocycles. The number of anilines is 1. The summed E-state index contributed by atoms with van der Waals surface area (Å²) in [5.41, 5.74) is 1.29. The minimum absolute atomic E-state index is 0.213. The first-order valence-corrected chi connectivity index (χ1v) is 12.4. The fraction of sp³-hybridized carbons (Fsp3) is 0.435. The van der Waals surface area contributed by atoms with Crippen LogP contribution in [0, 0.1) is 0 Å². The van der Waals surface area contributed by atoms with E-state index < -0.39 is 6.04 Å². The van der Waals surface area contributed by atoms with Gasteiger partial charge in [0, 0.05) is 25.8 Å². The molecule has 0 bridgehead atoms. The van der Waals surface area contributed by atoms with Gasteiger partial charge in [0.25, 0.3) is 5.91 Å². The number of hydrogen-bond donors (Lipinski definition) is 2. The minimum Gasteiger partial charge on any atom is -0.357 e. The molecule has 2 N–H and O–H groups in total. The molecule has 1 aliphatic rings. The third-order valence-corrected chi connectivity index (χ3v) is 6.28. The summed E-state index contributed by atoms with van der Waals surface area (Å²) in [6.45, 7) is 2.46. The third-order valence-electron chi connectivity index (χ3n) is 5.31. The van der Waals surface area contributed by atoms with Crippen LogP contribution in [-0.2, 0) is 11.3 Å². The first-order chi connectivity index (χ1) is 15.1. The van der Waals surface area contributed by atoms with Crippen molar-refractivity contribution >= 4 is 41.0 Å². The van der Waals surface area contributed by atoms with Crippen molar-refractivity contribution in [2.75, 3.05) is 30.0 Å². The number of carbonyl (C=O) groups is 2. The number of benzene rings is 1. The summed E-state index contributed by atoms with van der Waals surface area (Å²) in [6.07, 6.45) is 8.01. The first kappa shape index (κ1) is 23.4. The lowest BCUT2D eigenvalue weighted by Crippen LogP contribution is -2.47. The number of amides is 2. The third kappa shape index (κ3) is 6.87. The molecule has 2 amide bonds. The van der Waals surface area contributed by atoms with Crippen molar-refractivity contribution < 1.29 is 9.59 Å². The number of carbonyl (C=O) groups excluding carboxylic acids is 2. The highest BCUT2D eigenvalue weighted by molar-refractivity contribution is 7.98. The van der Waals surface area contributed by atoms with Gasteiger partial charge in [-0.15, -0.1) is 0 Å². The van der Waals surface area contributed by atoms with Crippen LogP contribution in [-0.4, -0.2) is 47.9 Å². The lowest BCUT2D eigenvalue weighted by molar-refractivity contribution is -0.123. The second-order valence-corrected chi connectivity index (χ2v) is 8.97. The molecule has 0 radical (unpaired) electrons. The largest absolute Gasteiger partial charge is 0.357 e. The number of hydrogen-bond acceptors (Lipinski definition) is 5. The average molecular weight is 461 g/mol. The number of halogens is 1. The molecule has 1 aliphatic heterocycles. The van der Waals surface area contributed by atoms with Gasteiger partial charge >= 0.3 is 0 Å². The van der Waals surface area contributed by atoms with E-state index in [0.29, 0.717) is 23.6 Å². The number of pyridine rings is 1. The van der Waals surface area contributed by atoms with Gasteiger partial charge in [-0.1, -0.05) is 29.8 Å². The zero-order valence-corrected chi connectivity index (χ0v) is 19.3. The van der Waals surface area contributed by atoms with Gasteiger partial charge in [-0.2, -0.15) is 11.8 Å². The topological polar surface area (TPSA) is 74.3 Å². The molecule has 166 valence electrons. The van der Waals surface area contributed by atoms with Gasteiger partial charge in [0.2, 0.25) is 5.91 Å². The molecule has 0 aliphatic carbocycles. The van der Waals surface area contributed by atoms with Crippen molar-refractivity contribution in [3.05, 3.63) is 58.7 Å². The summed E-state index contributed by atoms with van der Waals surface area (Å²) in [6, 6.07) is 10.2. The van der Waals surface area contributed by atoms with E-state index in [9.17, 15) is 9.59 Å². The summed E-state index contributed by atoms with van der Waals surface area (Å²) in [7, 11) is 0. The van der Waals surface area contributed by atoms with Crippen LogP contribution >= 0.6 is 23.4 Å². The van der Waals surface area contributed by atoms with E-state index >= 15 is 0 Å². The van der Waals surface area contributed by atoms with E-state index in [2.05, 4.69) is 20.5 Å². The average Bonchev–Trinajstić information content (AvgIpc) is 2.81. The summed E-state index contributed by atoms with van der Waals surface area (Å²) in [4.78, 5) is 32.3. The lowest BCUT2D eigenvalue weighted by Gasteiger charge is -2.27. The molecular formula is C23H29ClN4O2S. The van der Waals surface area contributed by atoms with Crippen LogP contribution in [0.15, 0.2) is 42.6 Å². The highest BCUT2D eigenvalue weighted by atomic mass is 35.5. The SMILES string of the molecule is CSCCC(NC(=O)c1ccccc1Cl)C(=O)NCc1ccc(N2CCCCC2)nc1. The maximum absolute atomic E-state index is 12.8. The van der Waals surface area contributed by atoms with Crippen molar-refractivity contribution in [3.63, 3.8) is 0 Å². The fourth-order valence-corrected chi connectivity index (χ4v) is 4.22. The van der Waals surface area contributed by atoms with Crippen LogP contribution in [0.25, 0.3) is 0 Å². The van der Waals surface area contributed by atoms with Crippen molar-refractivity contribution in [1.29, 1.82) is 0 Å². The maximum Gasteiger partial charge on any atom is 0.253 e. The van der Waals surface area contributed by atoms with Gasteiger partial charge in [-0.05, 0) is 61.5 Å². The lowest BCUT2D eigenvalue weighted by atomic mass is 10.1. The van der Waals surface area contributed by atoms with E-state index in [0.717, 1.165) is 30.2 Å². The fourth-order valence-electron chi connectivity index (χ4n) is 3.53. The Hall–Kier alpha value is -2.25. The molecular weight excluding hydrogens is 432 g/mol. The second-order valence-electron chi connectivity index (χ2n) is 7.58. The molecule has 8 heteroatoms. The number of thioether (sulfide) groups is 1. The zero-order chi connectivity index (χ0) is 22.1. The predicted molar refractivity (Wildman–Crippen MR) is 128 cm³/mol. The van der Waals surface area contributed by atoms with E-state index in [1.165, 1.54) is 19.3 Å². The molecule has 1 aromatic heterocycles. The van der Waals surface area contributed by atoms with Gasteiger partial charge in [-0.25, -0.2) is 4.98 Å². The molecule has 1 saturated heterocycles. The van der Waals surface area contributed by atoms with Gasteiger partial charge < -0.3 is 15.5 Å². The Morgan fingerprint density at radius 1 is 1.16 bits per heavy atom. The van der Waals surface area contributed by atoms with E-state index in [-0.39, 0.29) is 11.8 Å². The Bertz CT molecular complexity index is 872. The summed E-state index contributed by atoms with van der Waals surface area (Å²) >= 11 is 7.75. The molecule has 0 saturated carbocycles. The Labute approximate surface area is 193 Å². The van der Waals surface area contributed by atoms with Crippen LogP contribution < -0.4 is 15.5 Å². The van der Waals surface area contributed by atoms with Gasteiger partial charge in [0.05, 0.1) is 10.6 Å².